The first-order valence-electron chi connectivity index (χ1n) is 7.08. The van der Waals surface area contributed by atoms with E-state index in [1.54, 1.807) is 4.90 Å². The van der Waals surface area contributed by atoms with E-state index in [4.69, 9.17) is 0 Å². The molecule has 0 saturated carbocycles. The molecule has 0 spiro atoms. The van der Waals surface area contributed by atoms with Crippen LogP contribution in [0, 0.1) is 11.6 Å². The summed E-state index contributed by atoms with van der Waals surface area (Å²) in [5, 5.41) is 5.21. The number of benzene rings is 1. The number of hydrogen-bond donors (Lipinski definition) is 2. The van der Waals surface area contributed by atoms with Crippen LogP contribution in [0.1, 0.15) is 20.8 Å². The second kappa shape index (κ2) is 8.43. The van der Waals surface area contributed by atoms with Crippen molar-refractivity contribution in [2.75, 3.05) is 25.0 Å². The maximum atomic E-state index is 13.1. The van der Waals surface area contributed by atoms with Crippen molar-refractivity contribution >= 4 is 17.5 Å². The minimum Gasteiger partial charge on any atom is -0.353 e. The molecule has 0 aromatic heterocycles. The maximum Gasteiger partial charge on any atom is 0.238 e. The van der Waals surface area contributed by atoms with Crippen LogP contribution in [-0.4, -0.2) is 42.4 Å². The van der Waals surface area contributed by atoms with E-state index < -0.39 is 17.5 Å². The molecule has 0 aliphatic carbocycles. The summed E-state index contributed by atoms with van der Waals surface area (Å²) >= 11 is 0. The number of anilines is 1. The fourth-order valence-electron chi connectivity index (χ4n) is 1.83. The molecule has 0 bridgehead atoms. The first kappa shape index (κ1) is 18.0. The summed E-state index contributed by atoms with van der Waals surface area (Å²) < 4.78 is 25.9. The van der Waals surface area contributed by atoms with Crippen LogP contribution in [-0.2, 0) is 9.59 Å². The zero-order valence-electron chi connectivity index (χ0n) is 13.0. The minimum atomic E-state index is -1.03. The van der Waals surface area contributed by atoms with Crippen LogP contribution in [0.5, 0.6) is 0 Å². The first-order chi connectivity index (χ1) is 10.3. The minimum absolute atomic E-state index is 0.0129. The van der Waals surface area contributed by atoms with Crippen LogP contribution in [0.15, 0.2) is 18.2 Å². The van der Waals surface area contributed by atoms with Gasteiger partial charge in [0.1, 0.15) is 0 Å². The van der Waals surface area contributed by atoms with E-state index in [9.17, 15) is 18.4 Å². The highest BCUT2D eigenvalue weighted by molar-refractivity contribution is 5.92. The zero-order chi connectivity index (χ0) is 16.7. The normalized spacial score (nSPS) is 10.9. The average molecular weight is 313 g/mol. The van der Waals surface area contributed by atoms with Crippen molar-refractivity contribution in [3.05, 3.63) is 29.8 Å². The van der Waals surface area contributed by atoms with Gasteiger partial charge in [0.25, 0.3) is 0 Å². The van der Waals surface area contributed by atoms with E-state index in [1.807, 2.05) is 20.8 Å². The van der Waals surface area contributed by atoms with Crippen LogP contribution in [0.3, 0.4) is 0 Å². The third-order valence-electron chi connectivity index (χ3n) is 2.83. The molecule has 7 heteroatoms. The van der Waals surface area contributed by atoms with Crippen LogP contribution in [0.2, 0.25) is 0 Å². The molecule has 2 N–H and O–H groups in total. The van der Waals surface area contributed by atoms with E-state index in [0.29, 0.717) is 6.54 Å². The van der Waals surface area contributed by atoms with Crippen LogP contribution < -0.4 is 10.6 Å². The Balaban J connectivity index is 2.54. The first-order valence-corrected chi connectivity index (χ1v) is 7.08. The lowest BCUT2D eigenvalue weighted by Gasteiger charge is -2.20. The van der Waals surface area contributed by atoms with Crippen molar-refractivity contribution in [1.29, 1.82) is 0 Å². The molecule has 0 unspecified atom stereocenters. The SMILES string of the molecule is CCN(CC(=O)Nc1ccc(F)c(F)c1)CC(=O)NC(C)C. The van der Waals surface area contributed by atoms with Crippen molar-refractivity contribution in [2.24, 2.45) is 0 Å². The molecule has 1 aromatic rings. The van der Waals surface area contributed by atoms with Gasteiger partial charge in [-0.15, -0.1) is 0 Å². The highest BCUT2D eigenvalue weighted by Gasteiger charge is 2.14. The van der Waals surface area contributed by atoms with Gasteiger partial charge in [0, 0.05) is 17.8 Å². The second-order valence-corrected chi connectivity index (χ2v) is 5.20. The predicted octanol–water partition coefficient (Wildman–Crippen LogP) is 1.75. The van der Waals surface area contributed by atoms with E-state index in [1.165, 1.54) is 6.07 Å². The van der Waals surface area contributed by atoms with Gasteiger partial charge in [-0.1, -0.05) is 6.92 Å². The van der Waals surface area contributed by atoms with Crippen molar-refractivity contribution in [3.8, 4) is 0 Å². The molecular formula is C15H21F2N3O2. The van der Waals surface area contributed by atoms with Crippen molar-refractivity contribution in [1.82, 2.24) is 10.2 Å². The summed E-state index contributed by atoms with van der Waals surface area (Å²) in [4.78, 5) is 25.2. The summed E-state index contributed by atoms with van der Waals surface area (Å²) in [6.07, 6.45) is 0. The van der Waals surface area contributed by atoms with Gasteiger partial charge in [0.15, 0.2) is 11.6 Å². The molecule has 5 nitrogen and oxygen atoms in total. The van der Waals surface area contributed by atoms with Gasteiger partial charge in [0.2, 0.25) is 11.8 Å². The van der Waals surface area contributed by atoms with Gasteiger partial charge in [-0.3, -0.25) is 14.5 Å². The molecule has 1 aromatic carbocycles. The monoisotopic (exact) mass is 313 g/mol. The third kappa shape index (κ3) is 6.17. The molecule has 0 aliphatic heterocycles. The van der Waals surface area contributed by atoms with Crippen LogP contribution >= 0.6 is 0 Å². The molecule has 22 heavy (non-hydrogen) atoms. The fourth-order valence-corrected chi connectivity index (χ4v) is 1.83. The topological polar surface area (TPSA) is 61.4 Å². The molecule has 122 valence electrons. The Bertz CT molecular complexity index is 536. The summed E-state index contributed by atoms with van der Waals surface area (Å²) in [7, 11) is 0. The fraction of sp³-hybridized carbons (Fsp3) is 0.467. The molecule has 0 atom stereocenters. The smallest absolute Gasteiger partial charge is 0.238 e. The molecule has 0 heterocycles. The Kier molecular flexibility index (Phi) is 6.91. The number of carbonyl (C=O) groups is 2. The Morgan fingerprint density at radius 3 is 2.32 bits per heavy atom. The lowest BCUT2D eigenvalue weighted by Crippen LogP contribution is -2.42. The summed E-state index contributed by atoms with van der Waals surface area (Å²) in [6.45, 7) is 6.12. The third-order valence-corrected chi connectivity index (χ3v) is 2.83. The summed E-state index contributed by atoms with van der Waals surface area (Å²) in [6, 6.07) is 3.16. The van der Waals surface area contributed by atoms with Gasteiger partial charge >= 0.3 is 0 Å². The molecule has 0 saturated heterocycles. The number of carbonyl (C=O) groups excluding carboxylic acids is 2. The number of nitrogens with one attached hydrogen (secondary N) is 2. The number of nitrogens with zero attached hydrogens (tertiary/aromatic N) is 1. The van der Waals surface area contributed by atoms with Gasteiger partial charge in [-0.2, -0.15) is 0 Å². The van der Waals surface area contributed by atoms with Crippen LogP contribution in [0.4, 0.5) is 14.5 Å². The number of halogens is 2. The van der Waals surface area contributed by atoms with Gasteiger partial charge in [-0.05, 0) is 32.5 Å². The molecular weight excluding hydrogens is 292 g/mol. The zero-order valence-corrected chi connectivity index (χ0v) is 13.0. The molecule has 2 amide bonds. The average Bonchev–Trinajstić information content (AvgIpc) is 2.41. The number of amides is 2. The molecule has 0 aliphatic rings. The van der Waals surface area contributed by atoms with Crippen LogP contribution in [0.25, 0.3) is 0 Å². The quantitative estimate of drug-likeness (QED) is 0.806. The Morgan fingerprint density at radius 2 is 1.77 bits per heavy atom. The van der Waals surface area contributed by atoms with Crippen molar-refractivity contribution in [2.45, 2.75) is 26.8 Å². The van der Waals surface area contributed by atoms with E-state index >= 15 is 0 Å². The highest BCUT2D eigenvalue weighted by Crippen LogP contribution is 2.12. The summed E-state index contributed by atoms with van der Waals surface area (Å²) in [5.74, 6) is -2.57. The Morgan fingerprint density at radius 1 is 1.14 bits per heavy atom. The van der Waals surface area contributed by atoms with Gasteiger partial charge in [0.05, 0.1) is 13.1 Å². The van der Waals surface area contributed by atoms with Crippen molar-refractivity contribution < 1.29 is 18.4 Å². The second-order valence-electron chi connectivity index (χ2n) is 5.20. The van der Waals surface area contributed by atoms with Gasteiger partial charge < -0.3 is 10.6 Å². The molecule has 0 radical (unpaired) electrons. The standard InChI is InChI=1S/C15H21F2N3O2/c1-4-20(8-14(21)18-10(2)3)9-15(22)19-11-5-6-12(16)13(17)7-11/h5-7,10H,4,8-9H2,1-3H3,(H,18,21)(H,19,22). The predicted molar refractivity (Wildman–Crippen MR) is 80.4 cm³/mol. The van der Waals surface area contributed by atoms with E-state index in [2.05, 4.69) is 10.6 Å². The number of hydrogen-bond acceptors (Lipinski definition) is 3. The molecule has 1 rings (SSSR count). The lowest BCUT2D eigenvalue weighted by molar-refractivity contribution is -0.123. The highest BCUT2D eigenvalue weighted by atomic mass is 19.2. The molecule has 0 fully saturated rings. The Hall–Kier alpha value is -2.02. The lowest BCUT2D eigenvalue weighted by atomic mass is 10.3. The largest absolute Gasteiger partial charge is 0.353 e. The Labute approximate surface area is 128 Å². The van der Waals surface area contributed by atoms with Gasteiger partial charge in [-0.25, -0.2) is 8.78 Å². The number of rotatable bonds is 7. The maximum absolute atomic E-state index is 13.1. The number of likely N-dealkylation sites (N-methyl/N-ethyl adjacent to an activating group) is 1. The van der Waals surface area contributed by atoms with E-state index in [-0.39, 0.29) is 30.7 Å². The summed E-state index contributed by atoms with van der Waals surface area (Å²) in [5.41, 5.74) is 0.173. The van der Waals surface area contributed by atoms with Crippen molar-refractivity contribution in [3.63, 3.8) is 0 Å². The van der Waals surface area contributed by atoms with E-state index in [0.717, 1.165) is 12.1 Å².